The van der Waals surface area contributed by atoms with Gasteiger partial charge in [0.25, 0.3) is 5.91 Å². The van der Waals surface area contributed by atoms with Crippen molar-refractivity contribution in [1.29, 1.82) is 0 Å². The van der Waals surface area contributed by atoms with Crippen molar-refractivity contribution in [1.82, 2.24) is 10.4 Å². The Morgan fingerprint density at radius 3 is 2.85 bits per heavy atom. The van der Waals surface area contributed by atoms with Crippen LogP contribution in [0.2, 0.25) is 0 Å². The van der Waals surface area contributed by atoms with Gasteiger partial charge in [-0.25, -0.2) is 5.43 Å². The van der Waals surface area contributed by atoms with E-state index in [1.807, 2.05) is 24.3 Å². The molecular formula is C20H15BrN4O2. The van der Waals surface area contributed by atoms with Crippen LogP contribution in [0.1, 0.15) is 33.8 Å². The van der Waals surface area contributed by atoms with Gasteiger partial charge in [-0.1, -0.05) is 30.3 Å². The van der Waals surface area contributed by atoms with E-state index in [9.17, 15) is 9.59 Å². The summed E-state index contributed by atoms with van der Waals surface area (Å²) in [7, 11) is 0. The summed E-state index contributed by atoms with van der Waals surface area (Å²) in [5.41, 5.74) is 6.33. The zero-order chi connectivity index (χ0) is 18.5. The molecule has 27 heavy (non-hydrogen) atoms. The van der Waals surface area contributed by atoms with Crippen LogP contribution < -0.4 is 10.7 Å². The zero-order valence-electron chi connectivity index (χ0n) is 14.1. The lowest BCUT2D eigenvalue weighted by molar-refractivity contribution is -0.117. The molecule has 6 nitrogen and oxygen atoms in total. The monoisotopic (exact) mass is 422 g/mol. The van der Waals surface area contributed by atoms with E-state index in [-0.39, 0.29) is 23.7 Å². The van der Waals surface area contributed by atoms with Gasteiger partial charge in [-0.05, 0) is 46.0 Å². The molecule has 0 saturated heterocycles. The van der Waals surface area contributed by atoms with E-state index in [4.69, 9.17) is 0 Å². The van der Waals surface area contributed by atoms with Crippen molar-refractivity contribution in [2.45, 2.75) is 12.3 Å². The van der Waals surface area contributed by atoms with Crippen LogP contribution in [0.4, 0.5) is 5.69 Å². The molecule has 1 aliphatic heterocycles. The second-order valence-electron chi connectivity index (χ2n) is 6.85. The number of hydrazone groups is 1. The average Bonchev–Trinajstić information content (AvgIpc) is 3.42. The fraction of sp³-hybridized carbons (Fsp3) is 0.150. The Morgan fingerprint density at radius 1 is 1.22 bits per heavy atom. The Morgan fingerprint density at radius 2 is 2.04 bits per heavy atom. The number of anilines is 1. The molecule has 3 aromatic rings. The lowest BCUT2D eigenvalue weighted by Gasteiger charge is -2.08. The third-order valence-corrected chi connectivity index (χ3v) is 5.74. The molecule has 0 radical (unpaired) electrons. The maximum atomic E-state index is 12.7. The highest BCUT2D eigenvalue weighted by molar-refractivity contribution is 9.10. The first-order valence-electron chi connectivity index (χ1n) is 8.66. The second-order valence-corrected chi connectivity index (χ2v) is 7.64. The Bertz CT molecular complexity index is 1120. The van der Waals surface area contributed by atoms with Crippen molar-refractivity contribution in [2.75, 3.05) is 5.32 Å². The van der Waals surface area contributed by atoms with Gasteiger partial charge in [0.1, 0.15) is 0 Å². The Hall–Kier alpha value is -2.93. The van der Waals surface area contributed by atoms with Gasteiger partial charge in [-0.2, -0.15) is 5.10 Å². The van der Waals surface area contributed by atoms with Crippen LogP contribution >= 0.6 is 15.9 Å². The van der Waals surface area contributed by atoms with E-state index in [0.29, 0.717) is 11.3 Å². The summed E-state index contributed by atoms with van der Waals surface area (Å²) in [6.07, 6.45) is 2.45. The van der Waals surface area contributed by atoms with E-state index in [2.05, 4.69) is 48.9 Å². The van der Waals surface area contributed by atoms with Crippen LogP contribution in [-0.4, -0.2) is 23.0 Å². The highest BCUT2D eigenvalue weighted by Gasteiger charge is 2.43. The average molecular weight is 423 g/mol. The summed E-state index contributed by atoms with van der Waals surface area (Å²) in [5.74, 6) is -0.0949. The lowest BCUT2D eigenvalue weighted by Crippen LogP contribution is -2.18. The predicted octanol–water partition coefficient (Wildman–Crippen LogP) is 3.75. The van der Waals surface area contributed by atoms with Crippen molar-refractivity contribution in [3.05, 3.63) is 63.8 Å². The number of aromatic amines is 1. The third kappa shape index (κ3) is 2.75. The number of aromatic nitrogens is 1. The van der Waals surface area contributed by atoms with Gasteiger partial charge in [0.2, 0.25) is 5.91 Å². The highest BCUT2D eigenvalue weighted by atomic mass is 79.9. The van der Waals surface area contributed by atoms with Crippen molar-refractivity contribution in [3.63, 3.8) is 0 Å². The number of carbonyl (C=O) groups excluding carboxylic acids is 2. The summed E-state index contributed by atoms with van der Waals surface area (Å²) in [4.78, 5) is 28.2. The first-order chi connectivity index (χ1) is 13.1. The quantitative estimate of drug-likeness (QED) is 0.600. The highest BCUT2D eigenvalue weighted by Crippen LogP contribution is 2.48. The first-order valence-corrected chi connectivity index (χ1v) is 9.45. The van der Waals surface area contributed by atoms with E-state index in [0.717, 1.165) is 27.5 Å². The topological polar surface area (TPSA) is 86.3 Å². The number of nitrogens with zero attached hydrogens (tertiary/aromatic N) is 1. The smallest absolute Gasteiger partial charge is 0.272 e. The molecule has 5 rings (SSSR count). The fourth-order valence-electron chi connectivity index (χ4n) is 3.70. The minimum absolute atomic E-state index is 0.0217. The first kappa shape index (κ1) is 16.3. The fourth-order valence-corrected chi connectivity index (χ4v) is 4.22. The maximum Gasteiger partial charge on any atom is 0.272 e. The molecule has 2 aliphatic rings. The van der Waals surface area contributed by atoms with Gasteiger partial charge < -0.3 is 10.3 Å². The molecule has 2 heterocycles. The van der Waals surface area contributed by atoms with Crippen molar-refractivity contribution in [3.8, 4) is 0 Å². The van der Waals surface area contributed by atoms with Crippen LogP contribution in [-0.2, 0) is 4.79 Å². The molecule has 1 aromatic heterocycles. The van der Waals surface area contributed by atoms with Gasteiger partial charge >= 0.3 is 0 Å². The normalized spacial score (nSPS) is 20.3. The van der Waals surface area contributed by atoms with E-state index in [1.165, 1.54) is 5.56 Å². The van der Waals surface area contributed by atoms with Gasteiger partial charge in [-0.3, -0.25) is 9.59 Å². The van der Waals surface area contributed by atoms with Crippen LogP contribution in [0.25, 0.3) is 10.9 Å². The number of rotatable bonds is 3. The minimum Gasteiger partial charge on any atom is -0.349 e. The van der Waals surface area contributed by atoms with Crippen molar-refractivity contribution < 1.29 is 9.59 Å². The Labute approximate surface area is 163 Å². The van der Waals surface area contributed by atoms with Crippen molar-refractivity contribution >= 4 is 50.5 Å². The largest absolute Gasteiger partial charge is 0.349 e. The third-order valence-electron chi connectivity index (χ3n) is 5.12. The number of amides is 2. The number of hydrogen-bond acceptors (Lipinski definition) is 3. The van der Waals surface area contributed by atoms with Gasteiger partial charge in [-0.15, -0.1) is 0 Å². The van der Waals surface area contributed by atoms with Gasteiger partial charge in [0.15, 0.2) is 0 Å². The molecule has 0 spiro atoms. The molecule has 2 amide bonds. The minimum atomic E-state index is -0.300. The molecule has 134 valence electrons. The maximum absolute atomic E-state index is 12.7. The molecular weight excluding hydrogens is 408 g/mol. The van der Waals surface area contributed by atoms with Crippen LogP contribution in [0.3, 0.4) is 0 Å². The second kappa shape index (κ2) is 6.06. The van der Waals surface area contributed by atoms with E-state index >= 15 is 0 Å². The van der Waals surface area contributed by atoms with Crippen LogP contribution in [0.5, 0.6) is 0 Å². The van der Waals surface area contributed by atoms with Gasteiger partial charge in [0.05, 0.1) is 16.4 Å². The summed E-state index contributed by atoms with van der Waals surface area (Å²) in [5, 5.41) is 7.69. The number of halogens is 1. The van der Waals surface area contributed by atoms with E-state index < -0.39 is 0 Å². The molecule has 0 bridgehead atoms. The number of H-pyrrole nitrogens is 1. The Kier molecular flexibility index (Phi) is 3.65. The number of benzene rings is 2. The van der Waals surface area contributed by atoms with Crippen LogP contribution in [0.15, 0.2) is 52.2 Å². The summed E-state index contributed by atoms with van der Waals surface area (Å²) < 4.78 is 0.744. The number of nitrogens with one attached hydrogen (secondary N) is 3. The molecule has 7 heteroatoms. The zero-order valence-corrected chi connectivity index (χ0v) is 15.7. The van der Waals surface area contributed by atoms with E-state index in [1.54, 1.807) is 12.3 Å². The molecule has 1 fully saturated rings. The van der Waals surface area contributed by atoms with Gasteiger partial charge in [0, 0.05) is 28.1 Å². The molecule has 0 unspecified atom stereocenters. The standard InChI is InChI=1S/C20H15BrN4O2/c21-18-15-9-22-25-20(27)14-6-11(7-16(24-18)17(14)15)23-19(26)13-8-12(13)10-4-2-1-3-5-10/h1-7,9,12-13,24H,8H2,(H,23,26)(H,25,27)/t12-,13+/m0/s1. The molecule has 1 saturated carbocycles. The predicted molar refractivity (Wildman–Crippen MR) is 107 cm³/mol. The molecule has 2 atom stereocenters. The Balaban J connectivity index is 1.44. The van der Waals surface area contributed by atoms with Crippen LogP contribution in [0, 0.1) is 5.92 Å². The lowest BCUT2D eigenvalue weighted by atomic mass is 10.0. The molecule has 1 aliphatic carbocycles. The summed E-state index contributed by atoms with van der Waals surface area (Å²) in [6, 6.07) is 13.6. The van der Waals surface area contributed by atoms with Crippen molar-refractivity contribution in [2.24, 2.45) is 11.0 Å². The molecule has 2 aromatic carbocycles. The SMILES string of the molecule is O=C1NN=Cc2c(Br)[nH]c3cc(NC(=O)[C@@H]4C[C@H]4c4ccccc4)cc1c23. The molecule has 3 N–H and O–H groups in total. The summed E-state index contributed by atoms with van der Waals surface area (Å²) in [6.45, 7) is 0. The number of carbonyl (C=O) groups is 2. The number of hydrogen-bond donors (Lipinski definition) is 3. The summed E-state index contributed by atoms with van der Waals surface area (Å²) >= 11 is 3.46.